The van der Waals surface area contributed by atoms with Crippen LogP contribution in [0.3, 0.4) is 0 Å². The number of hydrogen-bond acceptors (Lipinski definition) is 3. The lowest BCUT2D eigenvalue weighted by Crippen LogP contribution is -2.15. The lowest BCUT2D eigenvalue weighted by Gasteiger charge is -2.09. The minimum atomic E-state index is -0.297. The number of carbonyl (C=O) groups is 1. The smallest absolute Gasteiger partial charge is 0.274 e. The van der Waals surface area contributed by atoms with Gasteiger partial charge in [-0.05, 0) is 56.2 Å². The van der Waals surface area contributed by atoms with Crippen LogP contribution in [-0.4, -0.2) is 20.4 Å². The van der Waals surface area contributed by atoms with Gasteiger partial charge in [0.25, 0.3) is 5.91 Å². The fourth-order valence-corrected chi connectivity index (χ4v) is 2.47. The minimum Gasteiger partial charge on any atom is -0.506 e. The summed E-state index contributed by atoms with van der Waals surface area (Å²) in [6, 6.07) is 8.93. The number of hydrogen-bond donors (Lipinski definition) is 2. The molecular weight excluding hydrogens is 278 g/mol. The Labute approximate surface area is 128 Å². The number of imidazole rings is 1. The molecular formula is C17H17N3O2. The molecule has 0 saturated heterocycles. The summed E-state index contributed by atoms with van der Waals surface area (Å²) in [6.07, 6.45) is 1.83. The third-order valence-corrected chi connectivity index (χ3v) is 3.57. The van der Waals surface area contributed by atoms with Crippen molar-refractivity contribution >= 4 is 17.2 Å². The number of rotatable bonds is 2. The molecule has 2 heterocycles. The maximum Gasteiger partial charge on any atom is 0.274 e. The minimum absolute atomic E-state index is 0.0428. The molecule has 1 amide bonds. The van der Waals surface area contributed by atoms with Crippen molar-refractivity contribution in [3.8, 4) is 5.75 Å². The highest BCUT2D eigenvalue weighted by Gasteiger charge is 2.17. The molecule has 1 aromatic carbocycles. The molecule has 0 unspecified atom stereocenters. The standard InChI is InChI=1S/C17H17N3O2/c1-10-4-5-14(21)13(8-10)19-17(22)16-12(3)18-15-9-11(2)6-7-20(15)16/h4-9,21H,1-3H3,(H,19,22). The number of carbonyl (C=O) groups excluding carboxylic acids is 1. The van der Waals surface area contributed by atoms with Crippen LogP contribution in [0.4, 0.5) is 5.69 Å². The van der Waals surface area contributed by atoms with E-state index in [0.29, 0.717) is 17.1 Å². The van der Waals surface area contributed by atoms with Crippen LogP contribution in [0.5, 0.6) is 5.75 Å². The van der Waals surface area contributed by atoms with Crippen LogP contribution in [0, 0.1) is 20.8 Å². The van der Waals surface area contributed by atoms with Crippen LogP contribution >= 0.6 is 0 Å². The summed E-state index contributed by atoms with van der Waals surface area (Å²) in [5.74, 6) is -0.254. The van der Waals surface area contributed by atoms with E-state index in [-0.39, 0.29) is 11.7 Å². The number of fused-ring (bicyclic) bond motifs is 1. The van der Waals surface area contributed by atoms with Gasteiger partial charge in [-0.25, -0.2) is 4.98 Å². The first-order valence-electron chi connectivity index (χ1n) is 7.02. The van der Waals surface area contributed by atoms with Crippen molar-refractivity contribution in [2.75, 3.05) is 5.32 Å². The van der Waals surface area contributed by atoms with Crippen molar-refractivity contribution in [2.24, 2.45) is 0 Å². The molecule has 3 aromatic rings. The van der Waals surface area contributed by atoms with Gasteiger partial charge in [0, 0.05) is 6.20 Å². The van der Waals surface area contributed by atoms with Crippen LogP contribution in [-0.2, 0) is 0 Å². The Morgan fingerprint density at radius 1 is 1.14 bits per heavy atom. The number of amides is 1. The molecule has 0 fully saturated rings. The molecule has 0 atom stereocenters. The fraction of sp³-hybridized carbons (Fsp3) is 0.176. The van der Waals surface area contributed by atoms with Gasteiger partial charge in [-0.15, -0.1) is 0 Å². The highest BCUT2D eigenvalue weighted by atomic mass is 16.3. The summed E-state index contributed by atoms with van der Waals surface area (Å²) in [7, 11) is 0. The first-order valence-corrected chi connectivity index (χ1v) is 7.02. The summed E-state index contributed by atoms with van der Waals surface area (Å²) >= 11 is 0. The zero-order valence-electron chi connectivity index (χ0n) is 12.7. The van der Waals surface area contributed by atoms with Gasteiger partial charge in [-0.1, -0.05) is 6.07 Å². The summed E-state index contributed by atoms with van der Waals surface area (Å²) < 4.78 is 1.75. The zero-order chi connectivity index (χ0) is 15.9. The molecule has 0 spiro atoms. The summed E-state index contributed by atoms with van der Waals surface area (Å²) in [5, 5.41) is 12.6. The zero-order valence-corrected chi connectivity index (χ0v) is 12.7. The number of phenols is 1. The number of anilines is 1. The Bertz CT molecular complexity index is 881. The quantitative estimate of drug-likeness (QED) is 0.713. The number of phenolic OH excluding ortho intramolecular Hbond substituents is 1. The van der Waals surface area contributed by atoms with E-state index in [1.54, 1.807) is 29.5 Å². The third-order valence-electron chi connectivity index (χ3n) is 3.57. The van der Waals surface area contributed by atoms with E-state index in [0.717, 1.165) is 16.8 Å². The monoisotopic (exact) mass is 295 g/mol. The number of benzene rings is 1. The Morgan fingerprint density at radius 2 is 1.86 bits per heavy atom. The molecule has 5 heteroatoms. The average Bonchev–Trinajstić information content (AvgIpc) is 2.77. The molecule has 22 heavy (non-hydrogen) atoms. The molecule has 0 radical (unpaired) electrons. The van der Waals surface area contributed by atoms with Crippen LogP contribution in [0.15, 0.2) is 36.5 Å². The molecule has 2 aromatic heterocycles. The molecule has 0 bridgehead atoms. The summed E-state index contributed by atoms with van der Waals surface area (Å²) in [6.45, 7) is 5.68. The normalized spacial score (nSPS) is 10.9. The Kier molecular flexibility index (Phi) is 3.33. The maximum absolute atomic E-state index is 12.6. The highest BCUT2D eigenvalue weighted by Crippen LogP contribution is 2.25. The van der Waals surface area contributed by atoms with E-state index in [1.807, 2.05) is 32.2 Å². The topological polar surface area (TPSA) is 66.6 Å². The Hall–Kier alpha value is -2.82. The molecule has 5 nitrogen and oxygen atoms in total. The number of nitrogens with one attached hydrogen (secondary N) is 1. The molecule has 0 aliphatic heterocycles. The van der Waals surface area contributed by atoms with E-state index >= 15 is 0 Å². The van der Waals surface area contributed by atoms with E-state index < -0.39 is 0 Å². The van der Waals surface area contributed by atoms with Crippen LogP contribution in [0.1, 0.15) is 27.3 Å². The van der Waals surface area contributed by atoms with E-state index in [9.17, 15) is 9.90 Å². The van der Waals surface area contributed by atoms with Gasteiger partial charge < -0.3 is 10.4 Å². The predicted octanol–water partition coefficient (Wildman–Crippen LogP) is 3.22. The van der Waals surface area contributed by atoms with Gasteiger partial charge in [0.15, 0.2) is 0 Å². The largest absolute Gasteiger partial charge is 0.506 e. The first-order chi connectivity index (χ1) is 10.5. The molecule has 112 valence electrons. The number of nitrogens with zero attached hydrogens (tertiary/aromatic N) is 2. The second-order valence-corrected chi connectivity index (χ2v) is 5.45. The summed E-state index contributed by atoms with van der Waals surface area (Å²) in [4.78, 5) is 17.0. The lowest BCUT2D eigenvalue weighted by atomic mass is 10.2. The van der Waals surface area contributed by atoms with Crippen molar-refractivity contribution < 1.29 is 9.90 Å². The van der Waals surface area contributed by atoms with Crippen LogP contribution in [0.25, 0.3) is 5.65 Å². The number of aryl methyl sites for hydroxylation is 3. The summed E-state index contributed by atoms with van der Waals surface area (Å²) in [5.41, 5.74) is 4.29. The van der Waals surface area contributed by atoms with Gasteiger partial charge in [0.2, 0.25) is 0 Å². The highest BCUT2D eigenvalue weighted by molar-refractivity contribution is 6.05. The molecule has 0 aliphatic carbocycles. The van der Waals surface area contributed by atoms with Gasteiger partial charge in [-0.2, -0.15) is 0 Å². The van der Waals surface area contributed by atoms with E-state index in [2.05, 4.69) is 10.3 Å². The molecule has 2 N–H and O–H groups in total. The molecule has 0 aliphatic rings. The number of aromatic hydroxyl groups is 1. The van der Waals surface area contributed by atoms with Crippen molar-refractivity contribution in [2.45, 2.75) is 20.8 Å². The van der Waals surface area contributed by atoms with Crippen molar-refractivity contribution in [1.82, 2.24) is 9.38 Å². The fourth-order valence-electron chi connectivity index (χ4n) is 2.47. The Balaban J connectivity index is 2.02. The number of pyridine rings is 1. The van der Waals surface area contributed by atoms with Crippen LogP contribution < -0.4 is 5.32 Å². The maximum atomic E-state index is 12.6. The SMILES string of the molecule is Cc1ccc(O)c(NC(=O)c2c(C)nc3cc(C)ccn23)c1. The predicted molar refractivity (Wildman–Crippen MR) is 85.5 cm³/mol. The second kappa shape index (κ2) is 5.18. The first kappa shape index (κ1) is 14.1. The third kappa shape index (κ3) is 2.41. The second-order valence-electron chi connectivity index (χ2n) is 5.45. The van der Waals surface area contributed by atoms with Crippen molar-refractivity contribution in [1.29, 1.82) is 0 Å². The Morgan fingerprint density at radius 3 is 2.64 bits per heavy atom. The van der Waals surface area contributed by atoms with Gasteiger partial charge in [0.1, 0.15) is 17.1 Å². The van der Waals surface area contributed by atoms with Gasteiger partial charge >= 0.3 is 0 Å². The van der Waals surface area contributed by atoms with E-state index in [1.165, 1.54) is 0 Å². The van der Waals surface area contributed by atoms with Crippen molar-refractivity contribution in [3.63, 3.8) is 0 Å². The van der Waals surface area contributed by atoms with Gasteiger partial charge in [0.05, 0.1) is 11.4 Å². The molecule has 3 rings (SSSR count). The van der Waals surface area contributed by atoms with E-state index in [4.69, 9.17) is 0 Å². The molecule has 0 saturated carbocycles. The van der Waals surface area contributed by atoms with Crippen molar-refractivity contribution in [3.05, 3.63) is 59.0 Å². The number of aromatic nitrogens is 2. The average molecular weight is 295 g/mol. The van der Waals surface area contributed by atoms with Gasteiger partial charge in [-0.3, -0.25) is 9.20 Å². The van der Waals surface area contributed by atoms with Crippen LogP contribution in [0.2, 0.25) is 0 Å². The lowest BCUT2D eigenvalue weighted by molar-refractivity contribution is 0.102.